The molecule has 6 heteroatoms. The monoisotopic (exact) mass is 271 g/mol. The number of anilines is 1. The number of rotatable bonds is 0. The van der Waals surface area contributed by atoms with Crippen molar-refractivity contribution < 1.29 is 4.79 Å². The van der Waals surface area contributed by atoms with E-state index in [2.05, 4.69) is 15.5 Å². The SMILES string of the molecule is O=C1N[C@@H]2CNCCN2c2cc(Cl)cc(Cl)c21. The Hall–Kier alpha value is -0.970. The molecule has 1 saturated heterocycles. The van der Waals surface area contributed by atoms with Crippen molar-refractivity contribution in [2.75, 3.05) is 24.5 Å². The van der Waals surface area contributed by atoms with Crippen LogP contribution in [0.1, 0.15) is 10.4 Å². The third-order valence-electron chi connectivity index (χ3n) is 3.11. The molecule has 0 saturated carbocycles. The first-order valence-electron chi connectivity index (χ1n) is 5.44. The topological polar surface area (TPSA) is 44.4 Å². The first kappa shape index (κ1) is 11.1. The molecule has 2 N–H and O–H groups in total. The number of nitrogens with one attached hydrogen (secondary N) is 2. The van der Waals surface area contributed by atoms with E-state index in [9.17, 15) is 4.79 Å². The number of hydrogen-bond donors (Lipinski definition) is 2. The minimum atomic E-state index is -0.133. The van der Waals surface area contributed by atoms with E-state index in [4.69, 9.17) is 23.2 Å². The highest BCUT2D eigenvalue weighted by Gasteiger charge is 2.33. The zero-order chi connectivity index (χ0) is 12.0. The number of amides is 1. The molecule has 1 aromatic carbocycles. The lowest BCUT2D eigenvalue weighted by Crippen LogP contribution is -2.62. The normalized spacial score (nSPS) is 22.8. The van der Waals surface area contributed by atoms with Crippen LogP contribution in [0, 0.1) is 0 Å². The summed E-state index contributed by atoms with van der Waals surface area (Å²) >= 11 is 12.1. The number of nitrogens with zero attached hydrogens (tertiary/aromatic N) is 1. The minimum absolute atomic E-state index is 0.0155. The van der Waals surface area contributed by atoms with Crippen LogP contribution in [-0.2, 0) is 0 Å². The molecule has 17 heavy (non-hydrogen) atoms. The van der Waals surface area contributed by atoms with E-state index in [-0.39, 0.29) is 12.1 Å². The number of hydrogen-bond acceptors (Lipinski definition) is 3. The molecule has 0 aromatic heterocycles. The average Bonchev–Trinajstić information content (AvgIpc) is 2.28. The molecule has 0 spiro atoms. The Morgan fingerprint density at radius 3 is 3.00 bits per heavy atom. The van der Waals surface area contributed by atoms with Gasteiger partial charge in [-0.15, -0.1) is 0 Å². The number of piperazine rings is 1. The van der Waals surface area contributed by atoms with E-state index in [1.807, 2.05) is 0 Å². The van der Waals surface area contributed by atoms with Gasteiger partial charge >= 0.3 is 0 Å². The quantitative estimate of drug-likeness (QED) is 0.751. The zero-order valence-electron chi connectivity index (χ0n) is 8.96. The number of fused-ring (bicyclic) bond motifs is 3. The van der Waals surface area contributed by atoms with Crippen LogP contribution in [-0.4, -0.2) is 31.7 Å². The van der Waals surface area contributed by atoms with Crippen LogP contribution in [0.15, 0.2) is 12.1 Å². The number of carbonyl (C=O) groups is 1. The number of carbonyl (C=O) groups excluding carboxylic acids is 1. The summed E-state index contributed by atoms with van der Waals surface area (Å²) in [5.74, 6) is -0.133. The van der Waals surface area contributed by atoms with Gasteiger partial charge in [0.1, 0.15) is 6.17 Å². The van der Waals surface area contributed by atoms with Gasteiger partial charge in [0, 0.05) is 24.7 Å². The molecule has 2 aliphatic heterocycles. The summed E-state index contributed by atoms with van der Waals surface area (Å²) in [6, 6.07) is 3.41. The van der Waals surface area contributed by atoms with Gasteiger partial charge in [-0.3, -0.25) is 4.79 Å². The van der Waals surface area contributed by atoms with Crippen LogP contribution in [0.3, 0.4) is 0 Å². The standard InChI is InChI=1S/C11H11Cl2N3O/c12-6-3-7(13)10-8(4-6)16-2-1-14-5-9(16)15-11(10)17/h3-4,9,14H,1-2,5H2,(H,15,17)/t9-/m0/s1. The first-order valence-corrected chi connectivity index (χ1v) is 6.19. The molecule has 3 rings (SSSR count). The highest BCUT2D eigenvalue weighted by molar-refractivity contribution is 6.38. The number of halogens is 2. The molecular formula is C11H11Cl2N3O. The van der Waals surface area contributed by atoms with Crippen molar-refractivity contribution >= 4 is 34.8 Å². The van der Waals surface area contributed by atoms with Crippen molar-refractivity contribution in [1.29, 1.82) is 0 Å². The van der Waals surface area contributed by atoms with E-state index < -0.39 is 0 Å². The van der Waals surface area contributed by atoms with Gasteiger partial charge < -0.3 is 15.5 Å². The predicted molar refractivity (Wildman–Crippen MR) is 67.9 cm³/mol. The zero-order valence-corrected chi connectivity index (χ0v) is 10.5. The molecule has 2 heterocycles. The lowest BCUT2D eigenvalue weighted by atomic mass is 10.1. The summed E-state index contributed by atoms with van der Waals surface area (Å²) in [7, 11) is 0. The molecule has 4 nitrogen and oxygen atoms in total. The first-order chi connectivity index (χ1) is 8.16. The van der Waals surface area contributed by atoms with Crippen molar-refractivity contribution in [3.8, 4) is 0 Å². The average molecular weight is 272 g/mol. The summed E-state index contributed by atoms with van der Waals surface area (Å²) < 4.78 is 0. The van der Waals surface area contributed by atoms with Gasteiger partial charge in [-0.2, -0.15) is 0 Å². The van der Waals surface area contributed by atoms with Crippen molar-refractivity contribution in [2.24, 2.45) is 0 Å². The van der Waals surface area contributed by atoms with Gasteiger partial charge in [-0.1, -0.05) is 23.2 Å². The third-order valence-corrected chi connectivity index (χ3v) is 3.63. The Bertz CT molecular complexity index is 492. The molecule has 1 aromatic rings. The second kappa shape index (κ2) is 4.05. The van der Waals surface area contributed by atoms with Crippen molar-refractivity contribution in [3.63, 3.8) is 0 Å². The molecule has 0 aliphatic carbocycles. The summed E-state index contributed by atoms with van der Waals surface area (Å²) in [6.07, 6.45) is -0.0155. The molecule has 2 aliphatic rings. The van der Waals surface area contributed by atoms with E-state index in [0.29, 0.717) is 15.6 Å². The van der Waals surface area contributed by atoms with Gasteiger partial charge in [-0.25, -0.2) is 0 Å². The van der Waals surface area contributed by atoms with Gasteiger partial charge in [0.05, 0.1) is 16.3 Å². The fraction of sp³-hybridized carbons (Fsp3) is 0.364. The smallest absolute Gasteiger partial charge is 0.256 e. The van der Waals surface area contributed by atoms with E-state index in [1.54, 1.807) is 12.1 Å². The van der Waals surface area contributed by atoms with E-state index >= 15 is 0 Å². The van der Waals surface area contributed by atoms with Crippen molar-refractivity contribution in [2.45, 2.75) is 6.17 Å². The highest BCUT2D eigenvalue weighted by Crippen LogP contribution is 2.35. The second-order valence-corrected chi connectivity index (χ2v) is 5.01. The van der Waals surface area contributed by atoms with Gasteiger partial charge in [0.2, 0.25) is 0 Å². The van der Waals surface area contributed by atoms with Crippen LogP contribution in [0.5, 0.6) is 0 Å². The Labute approximate surface area is 109 Å². The maximum Gasteiger partial charge on any atom is 0.256 e. The van der Waals surface area contributed by atoms with Gasteiger partial charge in [0.25, 0.3) is 5.91 Å². The Morgan fingerprint density at radius 2 is 2.18 bits per heavy atom. The Balaban J connectivity index is 2.15. The fourth-order valence-corrected chi connectivity index (χ4v) is 2.92. The van der Waals surface area contributed by atoms with Gasteiger partial charge in [-0.05, 0) is 12.1 Å². The Kier molecular flexibility index (Phi) is 2.65. The van der Waals surface area contributed by atoms with Crippen LogP contribution in [0.25, 0.3) is 0 Å². The fourth-order valence-electron chi connectivity index (χ4n) is 2.36. The summed E-state index contributed by atoms with van der Waals surface area (Å²) in [4.78, 5) is 14.1. The summed E-state index contributed by atoms with van der Waals surface area (Å²) in [6.45, 7) is 2.44. The molecule has 1 fully saturated rings. The predicted octanol–water partition coefficient (Wildman–Crippen LogP) is 1.47. The lowest BCUT2D eigenvalue weighted by Gasteiger charge is -2.42. The van der Waals surface area contributed by atoms with Crippen LogP contribution < -0.4 is 15.5 Å². The van der Waals surface area contributed by atoms with Crippen LogP contribution in [0.4, 0.5) is 5.69 Å². The largest absolute Gasteiger partial charge is 0.348 e. The van der Waals surface area contributed by atoms with Crippen LogP contribution in [0.2, 0.25) is 10.0 Å². The molecule has 0 bridgehead atoms. The number of benzene rings is 1. The Morgan fingerprint density at radius 1 is 1.35 bits per heavy atom. The second-order valence-electron chi connectivity index (χ2n) is 4.17. The van der Waals surface area contributed by atoms with E-state index in [0.717, 1.165) is 25.3 Å². The molecule has 0 radical (unpaired) electrons. The van der Waals surface area contributed by atoms with Gasteiger partial charge in [0.15, 0.2) is 0 Å². The molecule has 0 unspecified atom stereocenters. The van der Waals surface area contributed by atoms with Crippen molar-refractivity contribution in [1.82, 2.24) is 10.6 Å². The van der Waals surface area contributed by atoms with E-state index in [1.165, 1.54) is 0 Å². The highest BCUT2D eigenvalue weighted by atomic mass is 35.5. The minimum Gasteiger partial charge on any atom is -0.348 e. The summed E-state index contributed by atoms with van der Waals surface area (Å²) in [5, 5.41) is 7.13. The third kappa shape index (κ3) is 1.76. The molecular weight excluding hydrogens is 261 g/mol. The molecule has 90 valence electrons. The summed E-state index contributed by atoms with van der Waals surface area (Å²) in [5.41, 5.74) is 1.35. The molecule has 1 amide bonds. The lowest BCUT2D eigenvalue weighted by molar-refractivity contribution is 0.0923. The van der Waals surface area contributed by atoms with Crippen LogP contribution >= 0.6 is 23.2 Å². The van der Waals surface area contributed by atoms with Crippen molar-refractivity contribution in [3.05, 3.63) is 27.7 Å². The maximum absolute atomic E-state index is 12.0. The maximum atomic E-state index is 12.0. The molecule has 1 atom stereocenters.